The molecule has 1 aliphatic rings. The summed E-state index contributed by atoms with van der Waals surface area (Å²) >= 11 is 0. The van der Waals surface area contributed by atoms with Crippen LogP contribution in [0, 0.1) is 0 Å². The minimum atomic E-state index is 0. The molecule has 148 valence electrons. The van der Waals surface area contributed by atoms with Gasteiger partial charge in [-0.15, -0.1) is 24.0 Å². The van der Waals surface area contributed by atoms with Gasteiger partial charge in [0, 0.05) is 59.2 Å². The van der Waals surface area contributed by atoms with Gasteiger partial charge >= 0.3 is 0 Å². The second kappa shape index (κ2) is 13.1. The Balaban J connectivity index is 0.00000338. The average Bonchev–Trinajstić information content (AvgIpc) is 3.14. The molecule has 0 bridgehead atoms. The largest absolute Gasteiger partial charge is 0.379 e. The van der Waals surface area contributed by atoms with Crippen molar-refractivity contribution in [3.05, 3.63) is 23.9 Å². The number of aliphatic imine (C=N–C) groups is 1. The highest BCUT2D eigenvalue weighted by atomic mass is 127. The highest BCUT2D eigenvalue weighted by Gasteiger charge is 2.14. The molecule has 0 saturated carbocycles. The summed E-state index contributed by atoms with van der Waals surface area (Å²) in [6.07, 6.45) is 5.32. The molecule has 1 fully saturated rings. The van der Waals surface area contributed by atoms with Gasteiger partial charge in [-0.05, 0) is 25.3 Å². The van der Waals surface area contributed by atoms with Crippen LogP contribution in [0.15, 0.2) is 23.3 Å². The lowest BCUT2D eigenvalue weighted by Crippen LogP contribution is -2.38. The Morgan fingerprint density at radius 3 is 2.96 bits per heavy atom. The number of guanidine groups is 1. The summed E-state index contributed by atoms with van der Waals surface area (Å²) < 4.78 is 11.2. The van der Waals surface area contributed by atoms with Crippen LogP contribution in [-0.2, 0) is 16.0 Å². The molecule has 1 aromatic heterocycles. The molecule has 1 atom stereocenters. The molecule has 0 amide bonds. The van der Waals surface area contributed by atoms with Crippen molar-refractivity contribution in [3.63, 3.8) is 0 Å². The zero-order chi connectivity index (χ0) is 17.9. The van der Waals surface area contributed by atoms with Gasteiger partial charge in [0.25, 0.3) is 0 Å². The molecule has 0 spiro atoms. The predicted molar refractivity (Wildman–Crippen MR) is 117 cm³/mol. The third kappa shape index (κ3) is 8.05. The van der Waals surface area contributed by atoms with Gasteiger partial charge in [-0.3, -0.25) is 4.99 Å². The number of halogens is 1. The average molecular weight is 477 g/mol. The summed E-state index contributed by atoms with van der Waals surface area (Å²) in [5.74, 6) is 1.75. The van der Waals surface area contributed by atoms with Gasteiger partial charge < -0.3 is 25.0 Å². The number of hydrogen-bond acceptors (Lipinski definition) is 5. The van der Waals surface area contributed by atoms with Gasteiger partial charge in [0.15, 0.2) is 5.96 Å². The van der Waals surface area contributed by atoms with E-state index in [2.05, 4.69) is 26.7 Å². The lowest BCUT2D eigenvalue weighted by Gasteiger charge is -2.17. The van der Waals surface area contributed by atoms with Crippen molar-refractivity contribution in [1.82, 2.24) is 15.6 Å². The third-order valence-corrected chi connectivity index (χ3v) is 4.05. The summed E-state index contributed by atoms with van der Waals surface area (Å²) in [6.45, 7) is 3.82. The Labute approximate surface area is 174 Å². The summed E-state index contributed by atoms with van der Waals surface area (Å²) in [7, 11) is 5.77. The number of nitrogens with zero attached hydrogens (tertiary/aromatic N) is 3. The van der Waals surface area contributed by atoms with Crippen molar-refractivity contribution in [2.75, 3.05) is 52.4 Å². The van der Waals surface area contributed by atoms with E-state index in [0.717, 1.165) is 56.4 Å². The molecule has 2 N–H and O–H groups in total. The van der Waals surface area contributed by atoms with E-state index in [9.17, 15) is 0 Å². The number of anilines is 1. The first-order valence-electron chi connectivity index (χ1n) is 8.95. The van der Waals surface area contributed by atoms with E-state index in [-0.39, 0.29) is 24.0 Å². The summed E-state index contributed by atoms with van der Waals surface area (Å²) in [5, 5.41) is 6.64. The number of nitrogens with one attached hydrogen (secondary N) is 2. The molecule has 1 aromatic rings. The van der Waals surface area contributed by atoms with E-state index in [1.807, 2.05) is 31.3 Å². The molecule has 2 rings (SSSR count). The van der Waals surface area contributed by atoms with Crippen LogP contribution in [-0.4, -0.2) is 64.6 Å². The van der Waals surface area contributed by atoms with Crippen molar-refractivity contribution in [2.24, 2.45) is 4.99 Å². The van der Waals surface area contributed by atoms with Gasteiger partial charge in [0.05, 0.1) is 12.7 Å². The van der Waals surface area contributed by atoms with E-state index in [4.69, 9.17) is 9.47 Å². The van der Waals surface area contributed by atoms with E-state index in [0.29, 0.717) is 19.3 Å². The Kier molecular flexibility index (Phi) is 11.5. The van der Waals surface area contributed by atoms with Gasteiger partial charge in [-0.2, -0.15) is 0 Å². The van der Waals surface area contributed by atoms with Crippen LogP contribution in [0.4, 0.5) is 5.82 Å². The molecule has 8 heteroatoms. The normalized spacial score (nSPS) is 16.9. The second-order valence-corrected chi connectivity index (χ2v) is 6.30. The summed E-state index contributed by atoms with van der Waals surface area (Å²) in [4.78, 5) is 10.7. The van der Waals surface area contributed by atoms with Crippen LogP contribution >= 0.6 is 24.0 Å². The van der Waals surface area contributed by atoms with E-state index >= 15 is 0 Å². The SMILES string of the molecule is CN=C(NCCCOCC1CCCO1)NCc1cccnc1N(C)C.I. The molecule has 0 aliphatic carbocycles. The fraction of sp³-hybridized carbons (Fsp3) is 0.667. The lowest BCUT2D eigenvalue weighted by molar-refractivity contribution is 0.0168. The topological polar surface area (TPSA) is 71.0 Å². The number of ether oxygens (including phenoxy) is 2. The molecule has 0 aromatic carbocycles. The Morgan fingerprint density at radius 2 is 2.27 bits per heavy atom. The lowest BCUT2D eigenvalue weighted by atomic mass is 10.2. The summed E-state index contributed by atoms with van der Waals surface area (Å²) in [6, 6.07) is 4.02. The quantitative estimate of drug-likeness (QED) is 0.246. The van der Waals surface area contributed by atoms with Crippen LogP contribution in [0.2, 0.25) is 0 Å². The molecule has 0 radical (unpaired) electrons. The van der Waals surface area contributed by atoms with Gasteiger partial charge in [-0.1, -0.05) is 6.07 Å². The van der Waals surface area contributed by atoms with Crippen molar-refractivity contribution < 1.29 is 9.47 Å². The highest BCUT2D eigenvalue weighted by Crippen LogP contribution is 2.13. The zero-order valence-electron chi connectivity index (χ0n) is 16.0. The van der Waals surface area contributed by atoms with E-state index in [1.54, 1.807) is 7.05 Å². The monoisotopic (exact) mass is 477 g/mol. The standard InChI is InChI=1S/C18H31N5O2.HI/c1-19-18(21-10-6-11-24-14-16-8-5-12-25-16)22-13-15-7-4-9-20-17(15)23(2)3;/h4,7,9,16H,5-6,8,10-14H2,1-3H3,(H2,19,21,22);1H. The molecule has 2 heterocycles. The fourth-order valence-corrected chi connectivity index (χ4v) is 2.74. The highest BCUT2D eigenvalue weighted by molar-refractivity contribution is 14.0. The molecule has 1 aliphatic heterocycles. The van der Waals surface area contributed by atoms with E-state index in [1.165, 1.54) is 0 Å². The Hall–Kier alpha value is -1.13. The van der Waals surface area contributed by atoms with Crippen molar-refractivity contribution in [1.29, 1.82) is 0 Å². The zero-order valence-corrected chi connectivity index (χ0v) is 18.4. The molecular formula is C18H32IN5O2. The van der Waals surface area contributed by atoms with Crippen molar-refractivity contribution >= 4 is 35.8 Å². The molecule has 1 saturated heterocycles. The Bertz CT molecular complexity index is 536. The van der Waals surface area contributed by atoms with Gasteiger partial charge in [0.1, 0.15) is 5.82 Å². The number of pyridine rings is 1. The minimum Gasteiger partial charge on any atom is -0.379 e. The fourth-order valence-electron chi connectivity index (χ4n) is 2.74. The maximum absolute atomic E-state index is 5.67. The Morgan fingerprint density at radius 1 is 1.42 bits per heavy atom. The maximum Gasteiger partial charge on any atom is 0.191 e. The smallest absolute Gasteiger partial charge is 0.191 e. The van der Waals surface area contributed by atoms with Gasteiger partial charge in [-0.25, -0.2) is 4.98 Å². The summed E-state index contributed by atoms with van der Waals surface area (Å²) in [5.41, 5.74) is 1.13. The first kappa shape index (κ1) is 22.9. The van der Waals surface area contributed by atoms with Crippen LogP contribution in [0.3, 0.4) is 0 Å². The molecule has 26 heavy (non-hydrogen) atoms. The van der Waals surface area contributed by atoms with Gasteiger partial charge in [0.2, 0.25) is 0 Å². The number of hydrogen-bond donors (Lipinski definition) is 2. The number of aromatic nitrogens is 1. The van der Waals surface area contributed by atoms with Crippen LogP contribution in [0.5, 0.6) is 0 Å². The second-order valence-electron chi connectivity index (χ2n) is 6.30. The third-order valence-electron chi connectivity index (χ3n) is 4.05. The van der Waals surface area contributed by atoms with Crippen LogP contribution < -0.4 is 15.5 Å². The first-order valence-corrected chi connectivity index (χ1v) is 8.95. The minimum absolute atomic E-state index is 0. The number of rotatable bonds is 9. The molecule has 7 nitrogen and oxygen atoms in total. The van der Waals surface area contributed by atoms with E-state index < -0.39 is 0 Å². The first-order chi connectivity index (χ1) is 12.2. The predicted octanol–water partition coefficient (Wildman–Crippen LogP) is 2.02. The maximum atomic E-state index is 5.67. The molecule has 1 unspecified atom stereocenters. The molecular weight excluding hydrogens is 445 g/mol. The van der Waals surface area contributed by atoms with Crippen LogP contribution in [0.25, 0.3) is 0 Å². The van der Waals surface area contributed by atoms with Crippen LogP contribution in [0.1, 0.15) is 24.8 Å². The van der Waals surface area contributed by atoms with Crippen molar-refractivity contribution in [2.45, 2.75) is 31.9 Å². The van der Waals surface area contributed by atoms with Crippen molar-refractivity contribution in [3.8, 4) is 0 Å².